The van der Waals surface area contributed by atoms with Gasteiger partial charge in [-0.3, -0.25) is 0 Å². The molecule has 3 N–H and O–H groups in total. The molecule has 0 aromatic heterocycles. The number of rotatable bonds is 12. The number of aliphatic hydroxyl groups is 3. The fourth-order valence-corrected chi connectivity index (χ4v) is 2.67. The number of unbranched alkanes of at least 4 members (excludes halogenated alkanes) is 6. The predicted octanol–water partition coefficient (Wildman–Crippen LogP) is 2.18. The zero-order valence-electron chi connectivity index (χ0n) is 14.4. The Bertz CT molecular complexity index is 308. The molecule has 0 unspecified atom stereocenters. The van der Waals surface area contributed by atoms with E-state index in [0.29, 0.717) is 6.61 Å². The van der Waals surface area contributed by atoms with E-state index in [0.717, 1.165) is 19.3 Å². The van der Waals surface area contributed by atoms with E-state index in [2.05, 4.69) is 19.1 Å². The minimum absolute atomic E-state index is 0.0414. The van der Waals surface area contributed by atoms with Crippen LogP contribution in [0.4, 0.5) is 0 Å². The quantitative estimate of drug-likeness (QED) is 0.377. The van der Waals surface area contributed by atoms with Gasteiger partial charge in [0.25, 0.3) is 0 Å². The maximum absolute atomic E-state index is 9.77. The minimum Gasteiger partial charge on any atom is -0.388 e. The third kappa shape index (κ3) is 8.82. The van der Waals surface area contributed by atoms with Crippen LogP contribution in [0.5, 0.6) is 0 Å². The Morgan fingerprint density at radius 2 is 1.65 bits per heavy atom. The summed E-state index contributed by atoms with van der Waals surface area (Å²) in [4.78, 5) is 0. The Hall–Kier alpha value is -0.460. The van der Waals surface area contributed by atoms with Gasteiger partial charge in [-0.15, -0.1) is 0 Å². The van der Waals surface area contributed by atoms with E-state index in [1.54, 1.807) is 0 Å². The van der Waals surface area contributed by atoms with Crippen LogP contribution in [0.2, 0.25) is 0 Å². The Balaban J connectivity index is 1.89. The molecular weight excluding hydrogens is 296 g/mol. The first-order chi connectivity index (χ1) is 11.2. The second kappa shape index (κ2) is 12.9. The van der Waals surface area contributed by atoms with Gasteiger partial charge in [0, 0.05) is 6.61 Å². The molecule has 1 saturated heterocycles. The summed E-state index contributed by atoms with van der Waals surface area (Å²) >= 11 is 0. The summed E-state index contributed by atoms with van der Waals surface area (Å²) in [6.45, 7) is 3.10. The molecular formula is C18H34O5. The summed E-state index contributed by atoms with van der Waals surface area (Å²) in [5.41, 5.74) is 0. The molecule has 0 saturated carbocycles. The molecule has 136 valence electrons. The van der Waals surface area contributed by atoms with Gasteiger partial charge in [-0.05, 0) is 25.7 Å². The average molecular weight is 330 g/mol. The number of aliphatic hydroxyl groups excluding tert-OH is 3. The van der Waals surface area contributed by atoms with Crippen molar-refractivity contribution in [3.05, 3.63) is 12.2 Å². The molecule has 5 heteroatoms. The normalized spacial score (nSPS) is 28.5. The highest BCUT2D eigenvalue weighted by atomic mass is 16.6. The van der Waals surface area contributed by atoms with E-state index in [4.69, 9.17) is 9.47 Å². The van der Waals surface area contributed by atoms with Gasteiger partial charge < -0.3 is 24.8 Å². The van der Waals surface area contributed by atoms with E-state index < -0.39 is 24.4 Å². The largest absolute Gasteiger partial charge is 0.388 e. The zero-order valence-corrected chi connectivity index (χ0v) is 14.4. The lowest BCUT2D eigenvalue weighted by Gasteiger charge is -2.35. The fourth-order valence-electron chi connectivity index (χ4n) is 2.67. The van der Waals surface area contributed by atoms with Crippen LogP contribution in [-0.4, -0.2) is 59.6 Å². The van der Waals surface area contributed by atoms with Crippen LogP contribution in [0.3, 0.4) is 0 Å². The molecule has 5 nitrogen and oxygen atoms in total. The van der Waals surface area contributed by atoms with Crippen LogP contribution >= 0.6 is 0 Å². The van der Waals surface area contributed by atoms with Crippen LogP contribution in [0.1, 0.15) is 58.3 Å². The summed E-state index contributed by atoms with van der Waals surface area (Å²) < 4.78 is 10.8. The van der Waals surface area contributed by atoms with Gasteiger partial charge in [0.2, 0.25) is 0 Å². The van der Waals surface area contributed by atoms with Crippen LogP contribution in [0.15, 0.2) is 12.2 Å². The molecule has 23 heavy (non-hydrogen) atoms. The van der Waals surface area contributed by atoms with Crippen molar-refractivity contribution in [2.45, 2.75) is 82.7 Å². The van der Waals surface area contributed by atoms with Crippen molar-refractivity contribution in [2.75, 3.05) is 19.8 Å². The first kappa shape index (κ1) is 20.6. The van der Waals surface area contributed by atoms with Crippen LogP contribution in [-0.2, 0) is 9.47 Å². The maximum atomic E-state index is 9.77. The predicted molar refractivity (Wildman–Crippen MR) is 90.3 cm³/mol. The minimum atomic E-state index is -1.15. The van der Waals surface area contributed by atoms with Crippen molar-refractivity contribution >= 4 is 0 Å². The molecule has 0 amide bonds. The van der Waals surface area contributed by atoms with E-state index in [9.17, 15) is 15.3 Å². The molecule has 4 atom stereocenters. The van der Waals surface area contributed by atoms with Crippen molar-refractivity contribution in [2.24, 2.45) is 0 Å². The Kier molecular flexibility index (Phi) is 11.5. The monoisotopic (exact) mass is 330 g/mol. The molecule has 1 rings (SSSR count). The molecule has 0 spiro atoms. The van der Waals surface area contributed by atoms with Crippen LogP contribution in [0.25, 0.3) is 0 Å². The molecule has 0 aromatic rings. The van der Waals surface area contributed by atoms with Crippen molar-refractivity contribution in [3.8, 4) is 0 Å². The second-order valence-corrected chi connectivity index (χ2v) is 6.28. The van der Waals surface area contributed by atoms with Crippen molar-refractivity contribution in [1.82, 2.24) is 0 Å². The van der Waals surface area contributed by atoms with Crippen LogP contribution in [0, 0.1) is 0 Å². The first-order valence-electron chi connectivity index (χ1n) is 9.05. The zero-order chi connectivity index (χ0) is 16.9. The van der Waals surface area contributed by atoms with Crippen molar-refractivity contribution in [3.63, 3.8) is 0 Å². The molecule has 0 bridgehead atoms. The molecule has 1 fully saturated rings. The fraction of sp³-hybridized carbons (Fsp3) is 0.889. The summed E-state index contributed by atoms with van der Waals surface area (Å²) in [7, 11) is 0. The van der Waals surface area contributed by atoms with E-state index in [-0.39, 0.29) is 13.2 Å². The van der Waals surface area contributed by atoms with E-state index in [1.165, 1.54) is 32.1 Å². The highest BCUT2D eigenvalue weighted by Gasteiger charge is 2.37. The SMILES string of the molecule is CC/C=C/CCCCCCCCOC[C@H]1OC[C@H](O)[C@@H](O)[C@@H]1O. The number of hydrogen-bond acceptors (Lipinski definition) is 5. The molecule has 1 heterocycles. The van der Waals surface area contributed by atoms with Gasteiger partial charge >= 0.3 is 0 Å². The molecule has 1 aliphatic heterocycles. The summed E-state index contributed by atoms with van der Waals surface area (Å²) in [6, 6.07) is 0. The van der Waals surface area contributed by atoms with Gasteiger partial charge in [-0.25, -0.2) is 0 Å². The topological polar surface area (TPSA) is 79.2 Å². The number of hydrogen-bond donors (Lipinski definition) is 3. The lowest BCUT2D eigenvalue weighted by atomic mass is 10.0. The molecule has 0 aromatic carbocycles. The van der Waals surface area contributed by atoms with Crippen molar-refractivity contribution in [1.29, 1.82) is 0 Å². The van der Waals surface area contributed by atoms with Crippen LogP contribution < -0.4 is 0 Å². The Morgan fingerprint density at radius 3 is 2.39 bits per heavy atom. The Labute approximate surface area is 140 Å². The number of allylic oxidation sites excluding steroid dienone is 2. The Morgan fingerprint density at radius 1 is 0.957 bits per heavy atom. The highest BCUT2D eigenvalue weighted by Crippen LogP contribution is 2.16. The first-order valence-corrected chi connectivity index (χ1v) is 9.05. The van der Waals surface area contributed by atoms with E-state index in [1.807, 2.05) is 0 Å². The number of ether oxygens (including phenoxy) is 2. The molecule has 0 aliphatic carbocycles. The maximum Gasteiger partial charge on any atom is 0.111 e. The van der Waals surface area contributed by atoms with Gasteiger partial charge in [-0.1, -0.05) is 44.8 Å². The summed E-state index contributed by atoms with van der Waals surface area (Å²) in [5.74, 6) is 0. The summed E-state index contributed by atoms with van der Waals surface area (Å²) in [5, 5.41) is 28.7. The van der Waals surface area contributed by atoms with Gasteiger partial charge in [0.05, 0.1) is 13.2 Å². The molecule has 1 aliphatic rings. The smallest absolute Gasteiger partial charge is 0.111 e. The van der Waals surface area contributed by atoms with E-state index >= 15 is 0 Å². The highest BCUT2D eigenvalue weighted by molar-refractivity contribution is 4.86. The van der Waals surface area contributed by atoms with Gasteiger partial charge in [0.1, 0.15) is 24.4 Å². The third-order valence-electron chi connectivity index (χ3n) is 4.20. The summed E-state index contributed by atoms with van der Waals surface area (Å²) in [6.07, 6.45) is 10.2. The second-order valence-electron chi connectivity index (χ2n) is 6.28. The lowest BCUT2D eigenvalue weighted by Crippen LogP contribution is -2.54. The standard InChI is InChI=1S/C18H34O5/c1-2-3-4-5-6-7-8-9-10-11-12-22-14-16-18(21)17(20)15(19)13-23-16/h3-4,15-21H,2,5-14H2,1H3/b4-3+/t15-,16+,17+,18+/m0/s1. The lowest BCUT2D eigenvalue weighted by molar-refractivity contribution is -0.199. The van der Waals surface area contributed by atoms with Gasteiger partial charge in [-0.2, -0.15) is 0 Å². The van der Waals surface area contributed by atoms with Crippen molar-refractivity contribution < 1.29 is 24.8 Å². The molecule has 0 radical (unpaired) electrons. The third-order valence-corrected chi connectivity index (χ3v) is 4.20. The average Bonchev–Trinajstić information content (AvgIpc) is 2.55. The van der Waals surface area contributed by atoms with Gasteiger partial charge in [0.15, 0.2) is 0 Å².